The van der Waals surface area contributed by atoms with Crippen LogP contribution in [0, 0.1) is 6.92 Å². The van der Waals surface area contributed by atoms with E-state index < -0.39 is 55.5 Å². The van der Waals surface area contributed by atoms with E-state index >= 15 is 0 Å². The Hall–Kier alpha value is -4.13. The minimum Gasteiger partial charge on any atom is -0.350 e. The molecule has 3 heterocycles. The van der Waals surface area contributed by atoms with Gasteiger partial charge in [-0.3, -0.25) is 28.7 Å². The molecule has 276 valence electrons. The van der Waals surface area contributed by atoms with Gasteiger partial charge in [0.2, 0.25) is 0 Å². The standard InChI is InChI=1S/C38H43F3N5O5P/c1-27-23-46(36(49)42-34(27)47)33-25-44(37(28-13-7-4-8-14-28,29-15-9-5-10-16-29)30-17-11-6-12-18-30)24-32(51-33)26-50-52(3)45-21-19-31(20-22-45)43(2)35(48)38(39,40)41/h4-18,23,31-33H,19-22,24-26H2,1-3H3,(H,42,47,49). The van der Waals surface area contributed by atoms with Crippen molar-refractivity contribution in [2.75, 3.05) is 46.5 Å². The highest BCUT2D eigenvalue weighted by atomic mass is 31.2. The van der Waals surface area contributed by atoms with Crippen molar-refractivity contribution in [3.8, 4) is 0 Å². The first kappa shape index (κ1) is 37.6. The molecular weight excluding hydrogens is 694 g/mol. The second kappa shape index (κ2) is 15.9. The number of aryl methyl sites for hydroxylation is 1. The number of aromatic nitrogens is 2. The molecule has 14 heteroatoms. The van der Waals surface area contributed by atoms with Crippen LogP contribution in [-0.4, -0.2) is 94.7 Å². The number of benzene rings is 3. The lowest BCUT2D eigenvalue weighted by Crippen LogP contribution is -2.58. The Morgan fingerprint density at radius 2 is 1.42 bits per heavy atom. The second-order valence-corrected chi connectivity index (χ2v) is 15.0. The maximum absolute atomic E-state index is 13.3. The summed E-state index contributed by atoms with van der Waals surface area (Å²) in [5, 5.41) is 0. The molecule has 2 saturated heterocycles. The molecule has 6 rings (SSSR count). The second-order valence-electron chi connectivity index (χ2n) is 13.3. The largest absolute Gasteiger partial charge is 0.471 e. The summed E-state index contributed by atoms with van der Waals surface area (Å²) in [6.45, 7) is 5.44. The number of hydrogen-bond donors (Lipinski definition) is 1. The number of amides is 1. The molecule has 1 amide bonds. The van der Waals surface area contributed by atoms with Crippen molar-refractivity contribution in [3.05, 3.63) is 140 Å². The first-order valence-corrected chi connectivity index (χ1v) is 18.9. The molecule has 0 aliphatic carbocycles. The lowest BCUT2D eigenvalue weighted by Gasteiger charge is -2.50. The third-order valence-corrected chi connectivity index (χ3v) is 11.8. The molecule has 0 spiro atoms. The van der Waals surface area contributed by atoms with Gasteiger partial charge in [-0.1, -0.05) is 91.0 Å². The van der Waals surface area contributed by atoms with Crippen LogP contribution < -0.4 is 11.2 Å². The van der Waals surface area contributed by atoms with Gasteiger partial charge in [0.25, 0.3) is 5.56 Å². The van der Waals surface area contributed by atoms with Gasteiger partial charge in [-0.25, -0.2) is 4.79 Å². The number of H-pyrrole nitrogens is 1. The van der Waals surface area contributed by atoms with Crippen molar-refractivity contribution in [2.24, 2.45) is 0 Å². The predicted molar refractivity (Wildman–Crippen MR) is 193 cm³/mol. The maximum atomic E-state index is 13.3. The van der Waals surface area contributed by atoms with Gasteiger partial charge in [0.15, 0.2) is 6.23 Å². The molecule has 0 bridgehead atoms. The summed E-state index contributed by atoms with van der Waals surface area (Å²) < 4.78 is 55.8. The molecule has 10 nitrogen and oxygen atoms in total. The van der Waals surface area contributed by atoms with Crippen molar-refractivity contribution in [3.63, 3.8) is 0 Å². The third-order valence-electron chi connectivity index (χ3n) is 10.1. The number of nitrogens with one attached hydrogen (secondary N) is 1. The Morgan fingerprint density at radius 1 is 0.904 bits per heavy atom. The van der Waals surface area contributed by atoms with Crippen LogP contribution in [0.25, 0.3) is 0 Å². The van der Waals surface area contributed by atoms with Gasteiger partial charge in [0, 0.05) is 51.0 Å². The van der Waals surface area contributed by atoms with Crippen LogP contribution in [0.15, 0.2) is 107 Å². The molecule has 0 saturated carbocycles. The van der Waals surface area contributed by atoms with Crippen LogP contribution in [0.2, 0.25) is 0 Å². The van der Waals surface area contributed by atoms with Gasteiger partial charge in [0.1, 0.15) is 8.30 Å². The highest BCUT2D eigenvalue weighted by Crippen LogP contribution is 2.45. The SMILES string of the molecule is Cc1cn(C2CN(C(c3ccccc3)(c3ccccc3)c3ccccc3)CC(COP(C)N3CCC(N(C)C(=O)C(F)(F)F)CC3)O2)c(=O)[nH]c1=O. The Morgan fingerprint density at radius 3 is 1.92 bits per heavy atom. The number of morpholine rings is 1. The topological polar surface area (TPSA) is 100 Å². The quantitative estimate of drug-likeness (QED) is 0.170. The van der Waals surface area contributed by atoms with Crippen molar-refractivity contribution >= 4 is 14.2 Å². The Bertz CT molecular complexity index is 1820. The number of carbonyl (C=O) groups excluding carboxylic acids is 1. The number of piperidine rings is 1. The van der Waals surface area contributed by atoms with Crippen LogP contribution in [-0.2, 0) is 19.6 Å². The predicted octanol–water partition coefficient (Wildman–Crippen LogP) is 5.48. The lowest BCUT2D eigenvalue weighted by atomic mass is 9.75. The number of aromatic amines is 1. The molecule has 52 heavy (non-hydrogen) atoms. The van der Waals surface area contributed by atoms with E-state index in [4.69, 9.17) is 9.26 Å². The lowest BCUT2D eigenvalue weighted by molar-refractivity contribution is -0.186. The smallest absolute Gasteiger partial charge is 0.350 e. The Kier molecular flexibility index (Phi) is 11.5. The molecular formula is C38H43F3N5O5P. The molecule has 3 unspecified atom stereocenters. The number of rotatable bonds is 10. The molecule has 2 fully saturated rings. The molecule has 3 atom stereocenters. The fourth-order valence-electron chi connectivity index (χ4n) is 7.38. The summed E-state index contributed by atoms with van der Waals surface area (Å²) in [6.07, 6.45) is -3.90. The fourth-order valence-corrected chi connectivity index (χ4v) is 8.72. The zero-order valence-corrected chi connectivity index (χ0v) is 30.2. The van der Waals surface area contributed by atoms with Crippen molar-refractivity contribution in [2.45, 2.75) is 49.9 Å². The van der Waals surface area contributed by atoms with E-state index in [1.165, 1.54) is 17.8 Å². The van der Waals surface area contributed by atoms with Crippen LogP contribution >= 0.6 is 8.30 Å². The van der Waals surface area contributed by atoms with Crippen LogP contribution in [0.5, 0.6) is 0 Å². The minimum absolute atomic E-state index is 0.174. The van der Waals surface area contributed by atoms with E-state index in [9.17, 15) is 27.6 Å². The van der Waals surface area contributed by atoms with Gasteiger partial charge >= 0.3 is 17.8 Å². The molecule has 2 aliphatic rings. The van der Waals surface area contributed by atoms with E-state index in [0.29, 0.717) is 44.6 Å². The van der Waals surface area contributed by atoms with Crippen molar-refractivity contribution in [1.82, 2.24) is 24.0 Å². The van der Waals surface area contributed by atoms with Gasteiger partial charge in [-0.15, -0.1) is 0 Å². The number of halogens is 3. The van der Waals surface area contributed by atoms with Crippen molar-refractivity contribution in [1.29, 1.82) is 0 Å². The van der Waals surface area contributed by atoms with E-state index in [0.717, 1.165) is 21.6 Å². The zero-order valence-electron chi connectivity index (χ0n) is 29.3. The van der Waals surface area contributed by atoms with Crippen LogP contribution in [0.4, 0.5) is 13.2 Å². The summed E-state index contributed by atoms with van der Waals surface area (Å²) in [6, 6.07) is 30.1. The Labute approximate surface area is 301 Å². The third kappa shape index (κ3) is 7.79. The zero-order chi connectivity index (χ0) is 37.0. The fraction of sp³-hybridized carbons (Fsp3) is 0.395. The highest BCUT2D eigenvalue weighted by Gasteiger charge is 2.47. The molecule has 1 aromatic heterocycles. The molecule has 2 aliphatic heterocycles. The number of ether oxygens (including phenoxy) is 1. The van der Waals surface area contributed by atoms with Crippen LogP contribution in [0.3, 0.4) is 0 Å². The molecule has 0 radical (unpaired) electrons. The van der Waals surface area contributed by atoms with E-state index in [1.54, 1.807) is 6.92 Å². The summed E-state index contributed by atoms with van der Waals surface area (Å²) in [7, 11) is 0.0431. The first-order chi connectivity index (χ1) is 24.9. The minimum atomic E-state index is -4.91. The Balaban J connectivity index is 1.31. The molecule has 4 aromatic rings. The van der Waals surface area contributed by atoms with Gasteiger partial charge < -0.3 is 14.2 Å². The van der Waals surface area contributed by atoms with Gasteiger partial charge in [0.05, 0.1) is 18.2 Å². The summed E-state index contributed by atoms with van der Waals surface area (Å²) >= 11 is 0. The maximum Gasteiger partial charge on any atom is 0.471 e. The number of carbonyl (C=O) groups is 1. The molecule has 1 N–H and O–H groups in total. The molecule has 3 aromatic carbocycles. The average molecular weight is 738 g/mol. The number of nitrogens with zero attached hydrogens (tertiary/aromatic N) is 4. The first-order valence-electron chi connectivity index (χ1n) is 17.2. The normalized spacial score (nSPS) is 20.0. The monoisotopic (exact) mass is 737 g/mol. The summed E-state index contributed by atoms with van der Waals surface area (Å²) in [5.74, 6) is -1.83. The van der Waals surface area contributed by atoms with Gasteiger partial charge in [-0.05, 0) is 43.1 Å². The highest BCUT2D eigenvalue weighted by molar-refractivity contribution is 7.49. The van der Waals surface area contributed by atoms with Gasteiger partial charge in [-0.2, -0.15) is 13.2 Å². The van der Waals surface area contributed by atoms with Crippen molar-refractivity contribution < 1.29 is 27.2 Å². The average Bonchev–Trinajstić information content (AvgIpc) is 3.16. The van der Waals surface area contributed by atoms with E-state index in [-0.39, 0.29) is 6.61 Å². The number of alkyl halides is 3. The number of hydrogen-bond acceptors (Lipinski definition) is 7. The van der Waals surface area contributed by atoms with Crippen LogP contribution in [0.1, 0.15) is 41.3 Å². The van der Waals surface area contributed by atoms with E-state index in [2.05, 4.69) is 51.0 Å². The summed E-state index contributed by atoms with van der Waals surface area (Å²) in [4.78, 5) is 43.0. The summed E-state index contributed by atoms with van der Waals surface area (Å²) in [5.41, 5.74) is 1.57. The van der Waals surface area contributed by atoms with E-state index in [1.807, 2.05) is 61.3 Å².